The van der Waals surface area contributed by atoms with Crippen molar-refractivity contribution in [2.75, 3.05) is 5.32 Å². The van der Waals surface area contributed by atoms with Crippen LogP contribution in [-0.4, -0.2) is 29.9 Å². The molecule has 0 bridgehead atoms. The van der Waals surface area contributed by atoms with Crippen molar-refractivity contribution in [3.63, 3.8) is 0 Å². The Morgan fingerprint density at radius 3 is 2.09 bits per heavy atom. The Morgan fingerprint density at radius 1 is 1.00 bits per heavy atom. The Bertz CT molecular complexity index is 531. The van der Waals surface area contributed by atoms with Crippen LogP contribution in [0.15, 0.2) is 30.3 Å². The average molecular weight is 306 g/mol. The van der Waals surface area contributed by atoms with E-state index in [4.69, 9.17) is 5.73 Å². The van der Waals surface area contributed by atoms with Crippen LogP contribution in [0.25, 0.3) is 0 Å². The summed E-state index contributed by atoms with van der Waals surface area (Å²) < 4.78 is 0. The number of benzene rings is 1. The van der Waals surface area contributed by atoms with E-state index in [2.05, 4.69) is 16.0 Å². The van der Waals surface area contributed by atoms with E-state index < -0.39 is 29.9 Å². The second kappa shape index (κ2) is 8.02. The van der Waals surface area contributed by atoms with Gasteiger partial charge in [-0.3, -0.25) is 9.59 Å². The molecule has 7 nitrogen and oxygen atoms in total. The maximum absolute atomic E-state index is 12.1. The van der Waals surface area contributed by atoms with Gasteiger partial charge in [-0.15, -0.1) is 0 Å². The van der Waals surface area contributed by atoms with Crippen molar-refractivity contribution in [2.45, 2.75) is 32.9 Å². The van der Waals surface area contributed by atoms with Gasteiger partial charge in [0.2, 0.25) is 11.8 Å². The number of hydrogen-bond acceptors (Lipinski definition) is 3. The van der Waals surface area contributed by atoms with E-state index in [0.717, 1.165) is 0 Å². The van der Waals surface area contributed by atoms with Crippen molar-refractivity contribution in [3.8, 4) is 0 Å². The molecule has 0 radical (unpaired) electrons. The lowest BCUT2D eigenvalue weighted by Gasteiger charge is -2.23. The SMILES string of the molecule is CC(NC(=O)C(NC(=O)Nc1ccccc1)C(C)C)C(N)=O. The van der Waals surface area contributed by atoms with Gasteiger partial charge in [0.05, 0.1) is 0 Å². The number of para-hydroxylation sites is 1. The molecule has 0 heterocycles. The first-order valence-corrected chi connectivity index (χ1v) is 7.03. The van der Waals surface area contributed by atoms with Gasteiger partial charge < -0.3 is 21.7 Å². The fourth-order valence-electron chi connectivity index (χ4n) is 1.74. The second-order valence-electron chi connectivity index (χ2n) is 5.32. The van der Waals surface area contributed by atoms with Crippen molar-refractivity contribution in [1.82, 2.24) is 10.6 Å². The summed E-state index contributed by atoms with van der Waals surface area (Å²) in [4.78, 5) is 35.1. The summed E-state index contributed by atoms with van der Waals surface area (Å²) in [6.45, 7) is 5.08. The maximum Gasteiger partial charge on any atom is 0.319 e. The van der Waals surface area contributed by atoms with E-state index in [-0.39, 0.29) is 5.92 Å². The zero-order valence-electron chi connectivity index (χ0n) is 12.9. The summed E-state index contributed by atoms with van der Waals surface area (Å²) in [5.41, 5.74) is 5.73. The zero-order chi connectivity index (χ0) is 16.7. The predicted octanol–water partition coefficient (Wildman–Crippen LogP) is 0.823. The quantitative estimate of drug-likeness (QED) is 0.624. The number of anilines is 1. The minimum atomic E-state index is -0.798. The molecule has 7 heteroatoms. The van der Waals surface area contributed by atoms with Crippen LogP contribution < -0.4 is 21.7 Å². The Balaban J connectivity index is 2.65. The highest BCUT2D eigenvalue weighted by Gasteiger charge is 2.26. The standard InChI is InChI=1S/C15H22N4O3/c1-9(2)12(14(21)17-10(3)13(16)20)19-15(22)18-11-7-5-4-6-8-11/h4-10,12H,1-3H3,(H2,16,20)(H,17,21)(H2,18,19,22). The number of carbonyl (C=O) groups excluding carboxylic acids is 3. The first-order chi connectivity index (χ1) is 10.3. The number of carbonyl (C=O) groups is 3. The summed E-state index contributed by atoms with van der Waals surface area (Å²) in [5.74, 6) is -1.24. The first kappa shape index (κ1) is 17.5. The molecule has 1 rings (SSSR count). The molecule has 0 saturated heterocycles. The molecule has 0 saturated carbocycles. The lowest BCUT2D eigenvalue weighted by molar-refractivity contribution is -0.128. The largest absolute Gasteiger partial charge is 0.368 e. The van der Waals surface area contributed by atoms with Crippen molar-refractivity contribution in [2.24, 2.45) is 11.7 Å². The number of rotatable bonds is 6. The average Bonchev–Trinajstić information content (AvgIpc) is 2.45. The van der Waals surface area contributed by atoms with Crippen LogP contribution in [0, 0.1) is 5.92 Å². The molecule has 0 aromatic heterocycles. The van der Waals surface area contributed by atoms with Crippen molar-refractivity contribution < 1.29 is 14.4 Å². The smallest absolute Gasteiger partial charge is 0.319 e. The lowest BCUT2D eigenvalue weighted by Crippen LogP contribution is -2.54. The Kier molecular flexibility index (Phi) is 6.37. The number of amides is 4. The van der Waals surface area contributed by atoms with Crippen molar-refractivity contribution in [1.29, 1.82) is 0 Å². The van der Waals surface area contributed by atoms with Crippen LogP contribution >= 0.6 is 0 Å². The topological polar surface area (TPSA) is 113 Å². The summed E-state index contributed by atoms with van der Waals surface area (Å²) in [6, 6.07) is 6.81. The van der Waals surface area contributed by atoms with Gasteiger partial charge in [0.15, 0.2) is 0 Å². The third-order valence-corrected chi connectivity index (χ3v) is 3.05. The van der Waals surface area contributed by atoms with Gasteiger partial charge in [-0.05, 0) is 25.0 Å². The monoisotopic (exact) mass is 306 g/mol. The minimum Gasteiger partial charge on any atom is -0.368 e. The highest BCUT2D eigenvalue weighted by Crippen LogP contribution is 2.06. The molecule has 120 valence electrons. The number of nitrogens with one attached hydrogen (secondary N) is 3. The summed E-state index contributed by atoms with van der Waals surface area (Å²) >= 11 is 0. The van der Waals surface area contributed by atoms with Crippen LogP contribution in [0.5, 0.6) is 0 Å². The number of primary amides is 1. The Labute approximate surface area is 129 Å². The third-order valence-electron chi connectivity index (χ3n) is 3.05. The minimum absolute atomic E-state index is 0.151. The van der Waals surface area contributed by atoms with Gasteiger partial charge in [0.25, 0.3) is 0 Å². The highest BCUT2D eigenvalue weighted by molar-refractivity contribution is 5.95. The predicted molar refractivity (Wildman–Crippen MR) is 84.0 cm³/mol. The fraction of sp³-hybridized carbons (Fsp3) is 0.400. The van der Waals surface area contributed by atoms with Gasteiger partial charge >= 0.3 is 6.03 Å². The molecule has 22 heavy (non-hydrogen) atoms. The van der Waals surface area contributed by atoms with Crippen LogP contribution in [0.1, 0.15) is 20.8 Å². The number of hydrogen-bond donors (Lipinski definition) is 4. The molecule has 2 unspecified atom stereocenters. The van der Waals surface area contributed by atoms with Crippen LogP contribution in [0.3, 0.4) is 0 Å². The Hall–Kier alpha value is -2.57. The molecule has 0 spiro atoms. The van der Waals surface area contributed by atoms with Gasteiger partial charge in [-0.1, -0.05) is 32.0 Å². The molecule has 1 aromatic rings. The molecular formula is C15H22N4O3. The van der Waals surface area contributed by atoms with Gasteiger partial charge in [0, 0.05) is 5.69 Å². The first-order valence-electron chi connectivity index (χ1n) is 7.03. The highest BCUT2D eigenvalue weighted by atomic mass is 16.2. The summed E-state index contributed by atoms with van der Waals surface area (Å²) in [5, 5.41) is 7.71. The molecule has 0 aliphatic rings. The van der Waals surface area contributed by atoms with Gasteiger partial charge in [-0.2, -0.15) is 0 Å². The van der Waals surface area contributed by atoms with Crippen molar-refractivity contribution >= 4 is 23.5 Å². The molecule has 0 fully saturated rings. The Morgan fingerprint density at radius 2 is 1.59 bits per heavy atom. The van der Waals surface area contributed by atoms with Gasteiger partial charge in [0.1, 0.15) is 12.1 Å². The molecular weight excluding hydrogens is 284 g/mol. The van der Waals surface area contributed by atoms with Crippen LogP contribution in [0.4, 0.5) is 10.5 Å². The van der Waals surface area contributed by atoms with E-state index in [1.165, 1.54) is 6.92 Å². The van der Waals surface area contributed by atoms with Gasteiger partial charge in [-0.25, -0.2) is 4.79 Å². The maximum atomic E-state index is 12.1. The normalized spacial score (nSPS) is 13.1. The van der Waals surface area contributed by atoms with Crippen LogP contribution in [-0.2, 0) is 9.59 Å². The van der Waals surface area contributed by atoms with E-state index in [1.807, 2.05) is 6.07 Å². The van der Waals surface area contributed by atoms with E-state index >= 15 is 0 Å². The molecule has 0 aliphatic heterocycles. The van der Waals surface area contributed by atoms with E-state index in [1.54, 1.807) is 38.1 Å². The second-order valence-corrected chi connectivity index (χ2v) is 5.32. The van der Waals surface area contributed by atoms with E-state index in [9.17, 15) is 14.4 Å². The summed E-state index contributed by atoms with van der Waals surface area (Å²) in [6.07, 6.45) is 0. The number of nitrogens with two attached hydrogens (primary N) is 1. The molecule has 2 atom stereocenters. The zero-order valence-corrected chi connectivity index (χ0v) is 12.9. The molecule has 5 N–H and O–H groups in total. The summed E-state index contributed by atoms with van der Waals surface area (Å²) in [7, 11) is 0. The van der Waals surface area contributed by atoms with Crippen LogP contribution in [0.2, 0.25) is 0 Å². The molecule has 0 aliphatic carbocycles. The van der Waals surface area contributed by atoms with E-state index in [0.29, 0.717) is 5.69 Å². The van der Waals surface area contributed by atoms with Crippen molar-refractivity contribution in [3.05, 3.63) is 30.3 Å². The molecule has 4 amide bonds. The number of urea groups is 1. The fourth-order valence-corrected chi connectivity index (χ4v) is 1.74. The third kappa shape index (κ3) is 5.43. The lowest BCUT2D eigenvalue weighted by atomic mass is 10.0. The molecule has 1 aromatic carbocycles.